The first-order chi connectivity index (χ1) is 17.7. The van der Waals surface area contributed by atoms with E-state index < -0.39 is 11.7 Å². The summed E-state index contributed by atoms with van der Waals surface area (Å²) < 4.78 is 46.0. The molecule has 0 saturated heterocycles. The Bertz CT molecular complexity index is 1400. The van der Waals surface area contributed by atoms with Crippen LogP contribution >= 0.6 is 11.8 Å². The minimum atomic E-state index is -4.38. The lowest BCUT2D eigenvalue weighted by Gasteiger charge is -2.14. The Morgan fingerprint density at radius 2 is 1.73 bits per heavy atom. The van der Waals surface area contributed by atoms with Gasteiger partial charge in [0, 0.05) is 11.3 Å². The first kappa shape index (κ1) is 26.3. The average molecular weight is 527 g/mol. The average Bonchev–Trinajstić information content (AvgIpc) is 3.29. The van der Waals surface area contributed by atoms with Crippen molar-refractivity contribution in [1.29, 1.82) is 0 Å². The molecule has 0 aliphatic heterocycles. The number of alkyl halides is 3. The van der Waals surface area contributed by atoms with E-state index in [1.54, 1.807) is 23.8 Å². The highest BCUT2D eigenvalue weighted by atomic mass is 32.2. The van der Waals surface area contributed by atoms with Crippen LogP contribution in [0, 0.1) is 13.8 Å². The van der Waals surface area contributed by atoms with Gasteiger partial charge in [-0.3, -0.25) is 9.36 Å². The first-order valence-corrected chi connectivity index (χ1v) is 12.4. The van der Waals surface area contributed by atoms with Crippen molar-refractivity contribution < 1.29 is 22.7 Å². The van der Waals surface area contributed by atoms with Crippen LogP contribution in [0.15, 0.2) is 71.9 Å². The summed E-state index contributed by atoms with van der Waals surface area (Å²) in [4.78, 5) is 12.8. The van der Waals surface area contributed by atoms with Gasteiger partial charge in [-0.1, -0.05) is 42.1 Å². The molecule has 3 aromatic carbocycles. The van der Waals surface area contributed by atoms with Crippen LogP contribution in [0.4, 0.5) is 13.2 Å². The van der Waals surface area contributed by atoms with E-state index in [0.29, 0.717) is 39.3 Å². The zero-order valence-electron chi connectivity index (χ0n) is 20.5. The maximum atomic E-state index is 12.9. The molecular formula is C27H25F3N4O2S. The Hall–Kier alpha value is -3.79. The van der Waals surface area contributed by atoms with Gasteiger partial charge in [-0.15, -0.1) is 10.2 Å². The molecule has 37 heavy (non-hydrogen) atoms. The van der Waals surface area contributed by atoms with Crippen LogP contribution in [0.1, 0.15) is 38.4 Å². The van der Waals surface area contributed by atoms with Crippen LogP contribution in [-0.4, -0.2) is 27.8 Å². The van der Waals surface area contributed by atoms with Crippen molar-refractivity contribution in [3.8, 4) is 11.4 Å². The van der Waals surface area contributed by atoms with Crippen LogP contribution in [0.25, 0.3) is 5.69 Å². The van der Waals surface area contributed by atoms with Gasteiger partial charge in [0.15, 0.2) is 11.0 Å². The quantitative estimate of drug-likeness (QED) is 0.280. The van der Waals surface area contributed by atoms with E-state index in [-0.39, 0.29) is 12.5 Å². The molecule has 1 aromatic heterocycles. The molecule has 6 nitrogen and oxygen atoms in total. The summed E-state index contributed by atoms with van der Waals surface area (Å²) in [6.45, 7) is 4.04. The minimum absolute atomic E-state index is 0.109. The van der Waals surface area contributed by atoms with E-state index >= 15 is 0 Å². The first-order valence-electron chi connectivity index (χ1n) is 11.4. The molecule has 192 valence electrons. The van der Waals surface area contributed by atoms with E-state index in [2.05, 4.69) is 15.5 Å². The van der Waals surface area contributed by atoms with E-state index in [0.717, 1.165) is 23.3 Å². The van der Waals surface area contributed by atoms with Gasteiger partial charge in [0.05, 0.1) is 24.9 Å². The number of aromatic nitrogens is 3. The number of methoxy groups -OCH3 is 1. The van der Waals surface area contributed by atoms with Crippen LogP contribution in [-0.2, 0) is 18.5 Å². The highest BCUT2D eigenvalue weighted by molar-refractivity contribution is 7.98. The molecule has 0 unspecified atom stereocenters. The Labute approximate surface area is 216 Å². The number of amides is 1. The summed E-state index contributed by atoms with van der Waals surface area (Å²) >= 11 is 1.32. The zero-order chi connectivity index (χ0) is 26.6. The number of thioether (sulfide) groups is 1. The smallest absolute Gasteiger partial charge is 0.416 e. The van der Waals surface area contributed by atoms with Gasteiger partial charge in [-0.25, -0.2) is 0 Å². The maximum absolute atomic E-state index is 12.9. The summed E-state index contributed by atoms with van der Waals surface area (Å²) in [5.74, 6) is 1.20. The van der Waals surface area contributed by atoms with Crippen molar-refractivity contribution >= 4 is 17.7 Å². The fourth-order valence-corrected chi connectivity index (χ4v) is 4.57. The Kier molecular flexibility index (Phi) is 7.87. The number of hydrogen-bond acceptors (Lipinski definition) is 5. The Morgan fingerprint density at radius 1 is 1.00 bits per heavy atom. The molecule has 4 aromatic rings. The standard InChI is InChI=1S/C27H25F3N4O2S/c1-17-8-11-20(14-18(17)2)25(35)31-15-24-32-33-26(34(24)22-6-4-5-7-23(22)36-3)37-16-19-9-12-21(13-10-19)27(28,29)30/h4-14H,15-16H2,1-3H3,(H,31,35). The summed E-state index contributed by atoms with van der Waals surface area (Å²) in [6, 6.07) is 17.9. The van der Waals surface area contributed by atoms with Crippen molar-refractivity contribution in [3.63, 3.8) is 0 Å². The predicted octanol–water partition coefficient (Wildman–Crippen LogP) is 6.13. The molecule has 0 radical (unpaired) electrons. The molecule has 0 bridgehead atoms. The molecular weight excluding hydrogens is 501 g/mol. The molecule has 0 spiro atoms. The molecule has 1 amide bonds. The molecule has 4 rings (SSSR count). The van der Waals surface area contributed by atoms with Crippen molar-refractivity contribution in [2.75, 3.05) is 7.11 Å². The Balaban J connectivity index is 1.58. The molecule has 0 aliphatic carbocycles. The highest BCUT2D eigenvalue weighted by Gasteiger charge is 2.30. The minimum Gasteiger partial charge on any atom is -0.495 e. The van der Waals surface area contributed by atoms with Gasteiger partial charge in [-0.05, 0) is 66.9 Å². The molecule has 0 atom stereocenters. The van der Waals surface area contributed by atoms with Gasteiger partial charge in [0.2, 0.25) is 0 Å². The number of ether oxygens (including phenoxy) is 1. The molecule has 1 heterocycles. The normalized spacial score (nSPS) is 11.4. The van der Waals surface area contributed by atoms with Crippen LogP contribution in [0.3, 0.4) is 0 Å². The fourth-order valence-electron chi connectivity index (χ4n) is 3.65. The number of nitrogens with one attached hydrogen (secondary N) is 1. The van der Waals surface area contributed by atoms with E-state index in [4.69, 9.17) is 4.74 Å². The number of hydrogen-bond donors (Lipinski definition) is 1. The second-order valence-corrected chi connectivity index (χ2v) is 9.31. The number of rotatable bonds is 8. The topological polar surface area (TPSA) is 69.0 Å². The molecule has 0 aliphatic rings. The number of carbonyl (C=O) groups excluding carboxylic acids is 1. The maximum Gasteiger partial charge on any atom is 0.416 e. The van der Waals surface area contributed by atoms with E-state index in [9.17, 15) is 18.0 Å². The van der Waals surface area contributed by atoms with Crippen LogP contribution < -0.4 is 10.1 Å². The summed E-state index contributed by atoms with van der Waals surface area (Å²) in [5.41, 5.74) is 3.36. The van der Waals surface area contributed by atoms with Gasteiger partial charge < -0.3 is 10.1 Å². The van der Waals surface area contributed by atoms with Crippen LogP contribution in [0.2, 0.25) is 0 Å². The lowest BCUT2D eigenvalue weighted by molar-refractivity contribution is -0.137. The Morgan fingerprint density at radius 3 is 2.41 bits per heavy atom. The number of aryl methyl sites for hydroxylation is 2. The van der Waals surface area contributed by atoms with Crippen molar-refractivity contribution in [2.45, 2.75) is 37.5 Å². The summed E-state index contributed by atoms with van der Waals surface area (Å²) in [5, 5.41) is 12.0. The van der Waals surface area contributed by atoms with Crippen molar-refractivity contribution in [1.82, 2.24) is 20.1 Å². The van der Waals surface area contributed by atoms with E-state index in [1.807, 2.05) is 44.2 Å². The second kappa shape index (κ2) is 11.1. The van der Waals surface area contributed by atoms with Crippen LogP contribution in [0.5, 0.6) is 5.75 Å². The zero-order valence-corrected chi connectivity index (χ0v) is 21.3. The molecule has 0 saturated carbocycles. The number of nitrogens with zero attached hydrogens (tertiary/aromatic N) is 3. The molecule has 10 heteroatoms. The largest absolute Gasteiger partial charge is 0.495 e. The van der Waals surface area contributed by atoms with Crippen molar-refractivity contribution in [2.24, 2.45) is 0 Å². The summed E-state index contributed by atoms with van der Waals surface area (Å²) in [6.07, 6.45) is -4.38. The predicted molar refractivity (Wildman–Crippen MR) is 136 cm³/mol. The van der Waals surface area contributed by atoms with Gasteiger partial charge in [-0.2, -0.15) is 13.2 Å². The van der Waals surface area contributed by atoms with Gasteiger partial charge in [0.25, 0.3) is 5.91 Å². The number of halogens is 3. The number of benzene rings is 3. The monoisotopic (exact) mass is 526 g/mol. The van der Waals surface area contributed by atoms with Gasteiger partial charge >= 0.3 is 6.18 Å². The lowest BCUT2D eigenvalue weighted by Crippen LogP contribution is -2.25. The van der Waals surface area contributed by atoms with Crippen molar-refractivity contribution in [3.05, 3.63) is 100 Å². The summed E-state index contributed by atoms with van der Waals surface area (Å²) in [7, 11) is 1.55. The molecule has 1 N–H and O–H groups in total. The van der Waals surface area contributed by atoms with Gasteiger partial charge in [0.1, 0.15) is 5.75 Å². The number of carbonyl (C=O) groups is 1. The molecule has 0 fully saturated rings. The highest BCUT2D eigenvalue weighted by Crippen LogP contribution is 2.32. The second-order valence-electron chi connectivity index (χ2n) is 8.37. The number of para-hydroxylation sites is 2. The third-order valence-electron chi connectivity index (χ3n) is 5.85. The van der Waals surface area contributed by atoms with E-state index in [1.165, 1.54) is 23.9 Å². The third-order valence-corrected chi connectivity index (χ3v) is 6.85. The third kappa shape index (κ3) is 6.14. The fraction of sp³-hybridized carbons (Fsp3) is 0.222. The SMILES string of the molecule is COc1ccccc1-n1c(CNC(=O)c2ccc(C)c(C)c2)nnc1SCc1ccc(C(F)(F)F)cc1. The lowest BCUT2D eigenvalue weighted by atomic mass is 10.1.